The molecule has 0 aliphatic carbocycles. The van der Waals surface area contributed by atoms with Crippen molar-refractivity contribution in [2.75, 3.05) is 12.4 Å². The highest BCUT2D eigenvalue weighted by Gasteiger charge is 1.98. The fourth-order valence-corrected chi connectivity index (χ4v) is 1.19. The molecule has 0 unspecified atom stereocenters. The predicted octanol–water partition coefficient (Wildman–Crippen LogP) is 2.05. The molecular weight excluding hydrogens is 181 g/mol. The van der Waals surface area contributed by atoms with Crippen LogP contribution in [0.3, 0.4) is 0 Å². The molecule has 1 heterocycles. The van der Waals surface area contributed by atoms with Crippen LogP contribution in [-0.4, -0.2) is 16.8 Å². The first-order valence-electron chi connectivity index (χ1n) is 4.28. The quantitative estimate of drug-likeness (QED) is 0.787. The first-order chi connectivity index (χ1) is 6.79. The Morgan fingerprint density at radius 1 is 1.29 bits per heavy atom. The zero-order valence-corrected chi connectivity index (χ0v) is 7.74. The third-order valence-electron chi connectivity index (χ3n) is 1.96. The average molecular weight is 191 g/mol. The zero-order valence-electron chi connectivity index (χ0n) is 7.74. The third-order valence-corrected chi connectivity index (χ3v) is 1.96. The number of hydrogen-bond acceptors (Lipinski definition) is 2. The molecule has 0 aliphatic heterocycles. The van der Waals surface area contributed by atoms with E-state index in [1.165, 1.54) is 12.1 Å². The van der Waals surface area contributed by atoms with Crippen LogP contribution in [0, 0.1) is 5.82 Å². The number of hydrogen-bond donors (Lipinski definition) is 1. The number of anilines is 1. The molecule has 4 heteroatoms. The maximum absolute atomic E-state index is 12.6. The van der Waals surface area contributed by atoms with Crippen molar-refractivity contribution in [2.24, 2.45) is 0 Å². The van der Waals surface area contributed by atoms with Crippen LogP contribution < -0.4 is 5.32 Å². The summed E-state index contributed by atoms with van der Waals surface area (Å²) in [4.78, 5) is 0. The maximum atomic E-state index is 12.6. The van der Waals surface area contributed by atoms with Crippen LogP contribution in [0.1, 0.15) is 0 Å². The van der Waals surface area contributed by atoms with E-state index in [0.29, 0.717) is 0 Å². The average Bonchev–Trinajstić information content (AvgIpc) is 2.67. The number of rotatable bonds is 2. The van der Waals surface area contributed by atoms with E-state index in [-0.39, 0.29) is 5.82 Å². The standard InChI is InChI=1S/C10H10FN3/c1-12-9-6-13-14(7-9)10-4-2-8(11)3-5-10/h2-7,12H,1H3. The molecule has 0 fully saturated rings. The number of nitrogens with one attached hydrogen (secondary N) is 1. The van der Waals surface area contributed by atoms with Gasteiger partial charge in [0.15, 0.2) is 0 Å². The van der Waals surface area contributed by atoms with Crippen LogP contribution in [0.4, 0.5) is 10.1 Å². The van der Waals surface area contributed by atoms with Crippen LogP contribution >= 0.6 is 0 Å². The van der Waals surface area contributed by atoms with Crippen molar-refractivity contribution in [2.45, 2.75) is 0 Å². The third kappa shape index (κ3) is 1.59. The van der Waals surface area contributed by atoms with Gasteiger partial charge >= 0.3 is 0 Å². The molecule has 1 aromatic carbocycles. The SMILES string of the molecule is CNc1cnn(-c2ccc(F)cc2)c1. The van der Waals surface area contributed by atoms with Crippen molar-refractivity contribution in [3.8, 4) is 5.69 Å². The van der Waals surface area contributed by atoms with Gasteiger partial charge in [0.2, 0.25) is 0 Å². The Labute approximate surface area is 81.2 Å². The van der Waals surface area contributed by atoms with Crippen molar-refractivity contribution in [3.05, 3.63) is 42.5 Å². The predicted molar refractivity (Wildman–Crippen MR) is 53.1 cm³/mol. The second-order valence-electron chi connectivity index (χ2n) is 2.90. The first kappa shape index (κ1) is 8.74. The van der Waals surface area contributed by atoms with Crippen molar-refractivity contribution >= 4 is 5.69 Å². The minimum atomic E-state index is -0.241. The minimum absolute atomic E-state index is 0.241. The largest absolute Gasteiger partial charge is 0.386 e. The molecule has 0 amide bonds. The lowest BCUT2D eigenvalue weighted by Crippen LogP contribution is -1.93. The maximum Gasteiger partial charge on any atom is 0.123 e. The van der Waals surface area contributed by atoms with Crippen LogP contribution in [0.5, 0.6) is 0 Å². The van der Waals surface area contributed by atoms with Gasteiger partial charge in [0.25, 0.3) is 0 Å². The monoisotopic (exact) mass is 191 g/mol. The van der Waals surface area contributed by atoms with Crippen LogP contribution in [0.2, 0.25) is 0 Å². The van der Waals surface area contributed by atoms with Gasteiger partial charge < -0.3 is 5.32 Å². The van der Waals surface area contributed by atoms with Crippen LogP contribution in [0.25, 0.3) is 5.69 Å². The molecule has 0 spiro atoms. The lowest BCUT2D eigenvalue weighted by Gasteiger charge is -1.99. The van der Waals surface area contributed by atoms with E-state index in [9.17, 15) is 4.39 Å². The van der Waals surface area contributed by atoms with Gasteiger partial charge in [0, 0.05) is 7.05 Å². The second kappa shape index (κ2) is 3.49. The Bertz CT molecular complexity index is 419. The summed E-state index contributed by atoms with van der Waals surface area (Å²) >= 11 is 0. The van der Waals surface area contributed by atoms with Gasteiger partial charge in [-0.3, -0.25) is 0 Å². The number of aromatic nitrogens is 2. The lowest BCUT2D eigenvalue weighted by molar-refractivity contribution is 0.627. The number of halogens is 1. The van der Waals surface area contributed by atoms with Crippen molar-refractivity contribution in [3.63, 3.8) is 0 Å². The molecule has 72 valence electrons. The molecule has 0 aliphatic rings. The summed E-state index contributed by atoms with van der Waals surface area (Å²) in [6, 6.07) is 6.19. The Morgan fingerprint density at radius 3 is 2.57 bits per heavy atom. The normalized spacial score (nSPS) is 10.1. The fraction of sp³-hybridized carbons (Fsp3) is 0.100. The van der Waals surface area contributed by atoms with Gasteiger partial charge in [-0.1, -0.05) is 0 Å². The van der Waals surface area contributed by atoms with Gasteiger partial charge in [-0.25, -0.2) is 9.07 Å². The van der Waals surface area contributed by atoms with E-state index in [1.54, 1.807) is 23.0 Å². The molecule has 0 bridgehead atoms. The number of nitrogens with zero attached hydrogens (tertiary/aromatic N) is 2. The Morgan fingerprint density at radius 2 is 2.00 bits per heavy atom. The Balaban J connectivity index is 2.34. The molecule has 0 saturated heterocycles. The van der Waals surface area contributed by atoms with Crippen molar-refractivity contribution in [1.82, 2.24) is 9.78 Å². The minimum Gasteiger partial charge on any atom is -0.386 e. The topological polar surface area (TPSA) is 29.9 Å². The van der Waals surface area contributed by atoms with E-state index in [2.05, 4.69) is 10.4 Å². The van der Waals surface area contributed by atoms with Gasteiger partial charge in [-0.15, -0.1) is 0 Å². The Hall–Kier alpha value is -1.84. The summed E-state index contributed by atoms with van der Waals surface area (Å²) in [5, 5.41) is 7.09. The number of benzene rings is 1. The molecule has 2 aromatic rings. The molecular formula is C10H10FN3. The first-order valence-corrected chi connectivity index (χ1v) is 4.28. The molecule has 0 saturated carbocycles. The van der Waals surface area contributed by atoms with Crippen LogP contribution in [0.15, 0.2) is 36.7 Å². The smallest absolute Gasteiger partial charge is 0.123 e. The molecule has 0 radical (unpaired) electrons. The van der Waals surface area contributed by atoms with Gasteiger partial charge in [0.05, 0.1) is 23.8 Å². The van der Waals surface area contributed by atoms with E-state index in [4.69, 9.17) is 0 Å². The summed E-state index contributed by atoms with van der Waals surface area (Å²) in [5.74, 6) is -0.241. The lowest BCUT2D eigenvalue weighted by atomic mass is 10.3. The Kier molecular flexibility index (Phi) is 2.18. The van der Waals surface area contributed by atoms with Crippen LogP contribution in [-0.2, 0) is 0 Å². The van der Waals surface area contributed by atoms with Gasteiger partial charge in [-0.05, 0) is 24.3 Å². The van der Waals surface area contributed by atoms with Crippen molar-refractivity contribution < 1.29 is 4.39 Å². The molecule has 2 rings (SSSR count). The highest BCUT2D eigenvalue weighted by Crippen LogP contribution is 2.11. The summed E-state index contributed by atoms with van der Waals surface area (Å²) in [6.45, 7) is 0. The summed E-state index contributed by atoms with van der Waals surface area (Å²) in [7, 11) is 1.83. The molecule has 1 aromatic heterocycles. The van der Waals surface area contributed by atoms with Gasteiger partial charge in [0.1, 0.15) is 5.82 Å². The molecule has 0 atom stereocenters. The van der Waals surface area contributed by atoms with Crippen molar-refractivity contribution in [1.29, 1.82) is 0 Å². The van der Waals surface area contributed by atoms with E-state index in [0.717, 1.165) is 11.4 Å². The van der Waals surface area contributed by atoms with E-state index in [1.807, 2.05) is 13.2 Å². The summed E-state index contributed by atoms with van der Waals surface area (Å²) in [6.07, 6.45) is 3.55. The summed E-state index contributed by atoms with van der Waals surface area (Å²) in [5.41, 5.74) is 1.77. The summed E-state index contributed by atoms with van der Waals surface area (Å²) < 4.78 is 14.3. The molecule has 1 N–H and O–H groups in total. The van der Waals surface area contributed by atoms with E-state index >= 15 is 0 Å². The highest BCUT2D eigenvalue weighted by atomic mass is 19.1. The highest BCUT2D eigenvalue weighted by molar-refractivity contribution is 5.41. The second-order valence-corrected chi connectivity index (χ2v) is 2.90. The molecule has 14 heavy (non-hydrogen) atoms. The fourth-order valence-electron chi connectivity index (χ4n) is 1.19. The zero-order chi connectivity index (χ0) is 9.97. The van der Waals surface area contributed by atoms with Gasteiger partial charge in [-0.2, -0.15) is 5.10 Å². The van der Waals surface area contributed by atoms with E-state index < -0.39 is 0 Å². The molecule has 3 nitrogen and oxygen atoms in total.